The van der Waals surface area contributed by atoms with Gasteiger partial charge in [-0.25, -0.2) is 0 Å². The molecule has 4 heteroatoms. The van der Waals surface area contributed by atoms with E-state index in [0.29, 0.717) is 6.42 Å². The molecule has 0 heterocycles. The van der Waals surface area contributed by atoms with Gasteiger partial charge in [-0.05, 0) is 6.92 Å². The third-order valence-electron chi connectivity index (χ3n) is 1.40. The second-order valence-corrected chi connectivity index (χ2v) is 2.62. The Morgan fingerprint density at radius 1 is 1.58 bits per heavy atom. The average Bonchev–Trinajstić information content (AvgIpc) is 2.03. The average molecular weight is 190 g/mol. The van der Waals surface area contributed by atoms with Crippen LogP contribution >= 0.6 is 11.6 Å². The van der Waals surface area contributed by atoms with E-state index in [9.17, 15) is 9.90 Å². The number of Topliss-reactive ketones (excluding diaryl/α,β-unsaturated/α-hetero) is 1. The Morgan fingerprint density at radius 3 is 2.33 bits per heavy atom. The maximum Gasteiger partial charge on any atom is 0.182 e. The minimum Gasteiger partial charge on any atom is -0.512 e. The van der Waals surface area contributed by atoms with Crippen molar-refractivity contribution in [1.29, 1.82) is 5.41 Å². The van der Waals surface area contributed by atoms with E-state index >= 15 is 0 Å². The summed E-state index contributed by atoms with van der Waals surface area (Å²) in [7, 11) is 0. The number of hydrogen-bond acceptors (Lipinski definition) is 3. The van der Waals surface area contributed by atoms with Gasteiger partial charge in [0.15, 0.2) is 5.78 Å². The molecule has 0 fully saturated rings. The van der Waals surface area contributed by atoms with Crippen LogP contribution in [0.25, 0.3) is 0 Å². The van der Waals surface area contributed by atoms with E-state index in [-0.39, 0.29) is 22.9 Å². The van der Waals surface area contributed by atoms with Gasteiger partial charge in [0.25, 0.3) is 0 Å². The largest absolute Gasteiger partial charge is 0.512 e. The second-order valence-electron chi connectivity index (χ2n) is 2.36. The lowest BCUT2D eigenvalue weighted by Crippen LogP contribution is -2.13. The number of allylic oxidation sites excluding steroid dienone is 2. The topological polar surface area (TPSA) is 61.1 Å². The van der Waals surface area contributed by atoms with Gasteiger partial charge in [0.05, 0.1) is 11.5 Å². The molecule has 0 aromatic rings. The number of aliphatic hydroxyl groups is 1. The van der Waals surface area contributed by atoms with Gasteiger partial charge < -0.3 is 10.5 Å². The lowest BCUT2D eigenvalue weighted by Gasteiger charge is -2.04. The number of carbonyl (C=O) groups is 1. The molecule has 0 aliphatic carbocycles. The molecule has 0 saturated heterocycles. The number of ketones is 1. The molecule has 12 heavy (non-hydrogen) atoms. The van der Waals surface area contributed by atoms with Gasteiger partial charge in [-0.15, -0.1) is 11.6 Å². The van der Waals surface area contributed by atoms with Crippen LogP contribution in [-0.2, 0) is 4.79 Å². The minimum atomic E-state index is -0.400. The SMILES string of the molecule is CC/C(O)=C(\C(C)=N)C(=O)CCl. The van der Waals surface area contributed by atoms with Crippen molar-refractivity contribution in [2.45, 2.75) is 20.3 Å². The molecule has 0 atom stereocenters. The van der Waals surface area contributed by atoms with E-state index in [1.54, 1.807) is 6.92 Å². The van der Waals surface area contributed by atoms with Gasteiger partial charge in [0, 0.05) is 12.1 Å². The summed E-state index contributed by atoms with van der Waals surface area (Å²) in [5.74, 6) is -0.660. The van der Waals surface area contributed by atoms with Crippen LogP contribution in [-0.4, -0.2) is 22.5 Å². The van der Waals surface area contributed by atoms with Gasteiger partial charge in [0.1, 0.15) is 5.76 Å². The summed E-state index contributed by atoms with van der Waals surface area (Å²) in [5.41, 5.74) is 0.104. The Kier molecular flexibility index (Phi) is 4.59. The highest BCUT2D eigenvalue weighted by molar-refractivity contribution is 6.35. The monoisotopic (exact) mass is 189 g/mol. The Balaban J connectivity index is 4.91. The number of rotatable bonds is 4. The summed E-state index contributed by atoms with van der Waals surface area (Å²) in [5, 5.41) is 16.5. The maximum absolute atomic E-state index is 11.1. The van der Waals surface area contributed by atoms with Crippen molar-refractivity contribution in [3.8, 4) is 0 Å². The Labute approximate surface area is 76.5 Å². The fraction of sp³-hybridized carbons (Fsp3) is 0.500. The maximum atomic E-state index is 11.1. The van der Waals surface area contributed by atoms with E-state index < -0.39 is 5.78 Å². The molecule has 3 nitrogen and oxygen atoms in total. The summed E-state index contributed by atoms with van der Waals surface area (Å²) in [6.07, 6.45) is 0.341. The third-order valence-corrected chi connectivity index (χ3v) is 1.64. The van der Waals surface area contributed by atoms with Crippen LogP contribution in [0.15, 0.2) is 11.3 Å². The van der Waals surface area contributed by atoms with Crippen LogP contribution in [0, 0.1) is 5.41 Å². The molecule has 0 rings (SSSR count). The highest BCUT2D eigenvalue weighted by Crippen LogP contribution is 2.09. The molecule has 0 aromatic heterocycles. The second kappa shape index (κ2) is 4.93. The number of nitrogens with one attached hydrogen (secondary N) is 1. The zero-order valence-electron chi connectivity index (χ0n) is 7.15. The molecular weight excluding hydrogens is 178 g/mol. The van der Waals surface area contributed by atoms with Crippen LogP contribution in [0.3, 0.4) is 0 Å². The standard InChI is InChI=1S/C8H12ClNO2/c1-3-6(11)8(5(2)10)7(12)4-9/h10-11H,3-4H2,1-2H3/b8-6-,10-5?. The van der Waals surface area contributed by atoms with Crippen molar-refractivity contribution >= 4 is 23.1 Å². The molecule has 0 aliphatic rings. The van der Waals surface area contributed by atoms with Crippen LogP contribution in [0.4, 0.5) is 0 Å². The summed E-state index contributed by atoms with van der Waals surface area (Å²) >= 11 is 5.30. The first-order valence-electron chi connectivity index (χ1n) is 3.61. The van der Waals surface area contributed by atoms with Crippen LogP contribution in [0.5, 0.6) is 0 Å². The molecular formula is C8H12ClNO2. The zero-order chi connectivity index (χ0) is 9.72. The van der Waals surface area contributed by atoms with Gasteiger partial charge in [-0.3, -0.25) is 4.79 Å². The molecule has 0 unspecified atom stereocenters. The van der Waals surface area contributed by atoms with Gasteiger partial charge in [-0.1, -0.05) is 6.92 Å². The van der Waals surface area contributed by atoms with Crippen molar-refractivity contribution < 1.29 is 9.90 Å². The number of aliphatic hydroxyl groups excluding tert-OH is 1. The molecule has 0 spiro atoms. The summed E-state index contributed by atoms with van der Waals surface area (Å²) in [4.78, 5) is 11.1. The third kappa shape index (κ3) is 2.66. The summed E-state index contributed by atoms with van der Waals surface area (Å²) < 4.78 is 0. The quantitative estimate of drug-likeness (QED) is 0.308. The molecule has 0 aliphatic heterocycles. The first kappa shape index (κ1) is 11.2. The summed E-state index contributed by atoms with van der Waals surface area (Å²) in [6.45, 7) is 3.16. The molecule has 0 radical (unpaired) electrons. The van der Waals surface area contributed by atoms with Gasteiger partial charge >= 0.3 is 0 Å². The van der Waals surface area contributed by atoms with E-state index in [1.165, 1.54) is 6.92 Å². The number of carbonyl (C=O) groups excluding carboxylic acids is 1. The Bertz CT molecular complexity index is 233. The number of halogens is 1. The lowest BCUT2D eigenvalue weighted by atomic mass is 10.1. The molecule has 0 bridgehead atoms. The van der Waals surface area contributed by atoms with E-state index in [4.69, 9.17) is 17.0 Å². The fourth-order valence-corrected chi connectivity index (χ4v) is 0.964. The van der Waals surface area contributed by atoms with Gasteiger partial charge in [-0.2, -0.15) is 0 Å². The lowest BCUT2D eigenvalue weighted by molar-refractivity contribution is -0.113. The van der Waals surface area contributed by atoms with Crippen LogP contribution in [0.2, 0.25) is 0 Å². The minimum absolute atomic E-state index is 0.0486. The predicted molar refractivity (Wildman–Crippen MR) is 49.1 cm³/mol. The molecule has 0 aromatic carbocycles. The van der Waals surface area contributed by atoms with Gasteiger partial charge in [0.2, 0.25) is 0 Å². The normalized spacial score (nSPS) is 12.2. The highest BCUT2D eigenvalue weighted by Gasteiger charge is 2.14. The molecule has 68 valence electrons. The fourth-order valence-electron chi connectivity index (χ4n) is 0.830. The van der Waals surface area contributed by atoms with Crippen molar-refractivity contribution in [2.24, 2.45) is 0 Å². The Hall–Kier alpha value is -0.830. The first-order valence-corrected chi connectivity index (χ1v) is 4.14. The molecule has 2 N–H and O–H groups in total. The Morgan fingerprint density at radius 2 is 2.08 bits per heavy atom. The van der Waals surface area contributed by atoms with Crippen molar-refractivity contribution in [1.82, 2.24) is 0 Å². The smallest absolute Gasteiger partial charge is 0.182 e. The van der Waals surface area contributed by atoms with E-state index in [1.807, 2.05) is 0 Å². The first-order chi connectivity index (χ1) is 5.54. The van der Waals surface area contributed by atoms with Crippen molar-refractivity contribution in [3.63, 3.8) is 0 Å². The van der Waals surface area contributed by atoms with Crippen molar-refractivity contribution in [3.05, 3.63) is 11.3 Å². The number of alkyl halides is 1. The molecule has 0 saturated carbocycles. The number of hydrogen-bond donors (Lipinski definition) is 2. The predicted octanol–water partition coefficient (Wildman–Crippen LogP) is 2.06. The zero-order valence-corrected chi connectivity index (χ0v) is 7.90. The van der Waals surface area contributed by atoms with E-state index in [0.717, 1.165) is 0 Å². The van der Waals surface area contributed by atoms with Crippen LogP contribution < -0.4 is 0 Å². The van der Waals surface area contributed by atoms with E-state index in [2.05, 4.69) is 0 Å². The highest BCUT2D eigenvalue weighted by atomic mass is 35.5. The molecule has 0 amide bonds. The van der Waals surface area contributed by atoms with Crippen molar-refractivity contribution in [2.75, 3.05) is 5.88 Å². The summed E-state index contributed by atoms with van der Waals surface area (Å²) in [6, 6.07) is 0. The van der Waals surface area contributed by atoms with Crippen LogP contribution in [0.1, 0.15) is 20.3 Å².